The van der Waals surface area contributed by atoms with Crippen molar-refractivity contribution in [1.29, 1.82) is 0 Å². The average Bonchev–Trinajstić information content (AvgIpc) is 2.01. The molecule has 2 atom stereocenters. The minimum Gasteiger partial charge on any atom is -0.481 e. The molecule has 0 bridgehead atoms. The average molecular weight is 174 g/mol. The van der Waals surface area contributed by atoms with Gasteiger partial charge in [0.15, 0.2) is 5.78 Å². The highest BCUT2D eigenvalue weighted by molar-refractivity contribution is 5.91. The fraction of sp³-hybridized carbons (Fsp3) is 0.750. The summed E-state index contributed by atoms with van der Waals surface area (Å²) in [6.07, 6.45) is 0.143. The Hall–Kier alpha value is -0.900. The Morgan fingerprint density at radius 3 is 2.17 bits per heavy atom. The third-order valence-corrected chi connectivity index (χ3v) is 2.10. The standard InChI is InChI=1S/C8H14O4/c1-4-6(9)8(3,12)5(2)7(10)11/h5,12H,4H2,1-3H3,(H,10,11)/t5-,8+/m1/s1. The molecule has 0 saturated carbocycles. The van der Waals surface area contributed by atoms with Crippen LogP contribution in [-0.2, 0) is 9.59 Å². The van der Waals surface area contributed by atoms with Crippen molar-refractivity contribution in [3.63, 3.8) is 0 Å². The van der Waals surface area contributed by atoms with Crippen molar-refractivity contribution in [1.82, 2.24) is 0 Å². The number of hydrogen-bond acceptors (Lipinski definition) is 3. The van der Waals surface area contributed by atoms with Gasteiger partial charge in [0.2, 0.25) is 0 Å². The number of aliphatic carboxylic acids is 1. The van der Waals surface area contributed by atoms with Gasteiger partial charge in [-0.1, -0.05) is 6.92 Å². The molecule has 0 radical (unpaired) electrons. The Balaban J connectivity index is 4.60. The monoisotopic (exact) mass is 174 g/mol. The zero-order valence-electron chi connectivity index (χ0n) is 7.50. The lowest BCUT2D eigenvalue weighted by atomic mass is 9.86. The number of Topliss-reactive ketones (excluding diaryl/α,β-unsaturated/α-hetero) is 1. The Bertz CT molecular complexity index is 195. The first-order valence-corrected chi connectivity index (χ1v) is 3.82. The number of hydrogen-bond donors (Lipinski definition) is 2. The second kappa shape index (κ2) is 3.67. The number of carboxylic acid groups (broad SMARTS) is 1. The van der Waals surface area contributed by atoms with Gasteiger partial charge in [0.25, 0.3) is 0 Å². The third-order valence-electron chi connectivity index (χ3n) is 2.10. The molecule has 4 nitrogen and oxygen atoms in total. The molecule has 0 aliphatic carbocycles. The number of rotatable bonds is 4. The Morgan fingerprint density at radius 2 is 1.92 bits per heavy atom. The minimum absolute atomic E-state index is 0.143. The first kappa shape index (κ1) is 11.1. The van der Waals surface area contributed by atoms with Crippen LogP contribution in [0.4, 0.5) is 0 Å². The van der Waals surface area contributed by atoms with E-state index in [9.17, 15) is 14.7 Å². The zero-order chi connectivity index (χ0) is 9.94. The van der Waals surface area contributed by atoms with E-state index in [1.165, 1.54) is 13.8 Å². The lowest BCUT2D eigenvalue weighted by molar-refractivity contribution is -0.157. The highest BCUT2D eigenvalue weighted by atomic mass is 16.4. The fourth-order valence-electron chi connectivity index (χ4n) is 0.840. The fourth-order valence-corrected chi connectivity index (χ4v) is 0.840. The van der Waals surface area contributed by atoms with Crippen LogP contribution in [0.2, 0.25) is 0 Å². The van der Waals surface area contributed by atoms with E-state index < -0.39 is 23.3 Å². The topological polar surface area (TPSA) is 74.6 Å². The summed E-state index contributed by atoms with van der Waals surface area (Å²) in [6, 6.07) is 0. The van der Waals surface area contributed by atoms with Crippen LogP contribution in [-0.4, -0.2) is 27.6 Å². The summed E-state index contributed by atoms with van der Waals surface area (Å²) in [5.74, 6) is -2.68. The predicted octanol–water partition coefficient (Wildman–Crippen LogP) is 0.437. The molecular formula is C8H14O4. The predicted molar refractivity (Wildman–Crippen MR) is 42.7 cm³/mol. The highest BCUT2D eigenvalue weighted by Gasteiger charge is 2.39. The van der Waals surface area contributed by atoms with Crippen molar-refractivity contribution in [2.24, 2.45) is 5.92 Å². The van der Waals surface area contributed by atoms with Crippen LogP contribution >= 0.6 is 0 Å². The molecule has 0 aromatic heterocycles. The molecule has 0 heterocycles. The van der Waals surface area contributed by atoms with Crippen LogP contribution < -0.4 is 0 Å². The van der Waals surface area contributed by atoms with Gasteiger partial charge in [-0.05, 0) is 13.8 Å². The minimum atomic E-state index is -1.75. The SMILES string of the molecule is CCC(=O)[C@@](C)(O)[C@H](C)C(=O)O. The summed E-state index contributed by atoms with van der Waals surface area (Å²) in [5, 5.41) is 18.0. The molecule has 4 heteroatoms. The van der Waals surface area contributed by atoms with Gasteiger partial charge in [0, 0.05) is 6.42 Å². The van der Waals surface area contributed by atoms with Gasteiger partial charge in [0.1, 0.15) is 5.60 Å². The van der Waals surface area contributed by atoms with Crippen molar-refractivity contribution in [2.45, 2.75) is 32.8 Å². The first-order valence-electron chi connectivity index (χ1n) is 3.82. The van der Waals surface area contributed by atoms with Gasteiger partial charge >= 0.3 is 5.97 Å². The van der Waals surface area contributed by atoms with Crippen molar-refractivity contribution in [3.8, 4) is 0 Å². The van der Waals surface area contributed by atoms with Gasteiger partial charge in [0.05, 0.1) is 5.92 Å². The third kappa shape index (κ3) is 2.04. The van der Waals surface area contributed by atoms with E-state index in [1.807, 2.05) is 0 Å². The summed E-state index contributed by atoms with van der Waals surface area (Å²) >= 11 is 0. The lowest BCUT2D eigenvalue weighted by Gasteiger charge is -2.24. The number of carbonyl (C=O) groups excluding carboxylic acids is 1. The Morgan fingerprint density at radius 1 is 1.50 bits per heavy atom. The van der Waals surface area contributed by atoms with Gasteiger partial charge < -0.3 is 10.2 Å². The molecule has 70 valence electrons. The molecule has 0 unspecified atom stereocenters. The summed E-state index contributed by atoms with van der Waals surface area (Å²) in [7, 11) is 0. The maximum atomic E-state index is 11.1. The van der Waals surface area contributed by atoms with Gasteiger partial charge in [-0.2, -0.15) is 0 Å². The molecule has 0 amide bonds. The Kier molecular flexibility index (Phi) is 3.39. The number of carboxylic acids is 1. The number of aliphatic hydroxyl groups is 1. The molecule has 0 fully saturated rings. The van der Waals surface area contributed by atoms with Crippen molar-refractivity contribution < 1.29 is 19.8 Å². The summed E-state index contributed by atoms with van der Waals surface area (Å²) < 4.78 is 0. The van der Waals surface area contributed by atoms with E-state index in [-0.39, 0.29) is 6.42 Å². The van der Waals surface area contributed by atoms with Crippen molar-refractivity contribution in [3.05, 3.63) is 0 Å². The molecule has 12 heavy (non-hydrogen) atoms. The highest BCUT2D eigenvalue weighted by Crippen LogP contribution is 2.19. The van der Waals surface area contributed by atoms with Crippen LogP contribution in [0, 0.1) is 5.92 Å². The van der Waals surface area contributed by atoms with E-state index in [2.05, 4.69) is 0 Å². The first-order chi connectivity index (χ1) is 5.34. The van der Waals surface area contributed by atoms with E-state index >= 15 is 0 Å². The lowest BCUT2D eigenvalue weighted by Crippen LogP contribution is -2.44. The molecule has 0 aliphatic heterocycles. The smallest absolute Gasteiger partial charge is 0.309 e. The normalized spacial score (nSPS) is 18.0. The largest absolute Gasteiger partial charge is 0.481 e. The molecule has 0 aromatic carbocycles. The van der Waals surface area contributed by atoms with Crippen LogP contribution in [0.5, 0.6) is 0 Å². The quantitative estimate of drug-likeness (QED) is 0.648. The van der Waals surface area contributed by atoms with E-state index in [4.69, 9.17) is 5.11 Å². The molecule has 0 aliphatic rings. The second-order valence-corrected chi connectivity index (χ2v) is 2.98. The molecule has 0 rings (SSSR count). The van der Waals surface area contributed by atoms with Crippen LogP contribution in [0.3, 0.4) is 0 Å². The summed E-state index contributed by atoms with van der Waals surface area (Å²) in [6.45, 7) is 4.14. The van der Waals surface area contributed by atoms with Gasteiger partial charge in [-0.25, -0.2) is 0 Å². The maximum Gasteiger partial charge on any atom is 0.309 e. The van der Waals surface area contributed by atoms with E-state index in [0.29, 0.717) is 0 Å². The second-order valence-electron chi connectivity index (χ2n) is 2.98. The van der Waals surface area contributed by atoms with Crippen LogP contribution in [0.15, 0.2) is 0 Å². The Labute approximate surface area is 71.2 Å². The summed E-state index contributed by atoms with van der Waals surface area (Å²) in [4.78, 5) is 21.5. The molecule has 0 saturated heterocycles. The van der Waals surface area contributed by atoms with Crippen molar-refractivity contribution in [2.75, 3.05) is 0 Å². The molecule has 2 N–H and O–H groups in total. The van der Waals surface area contributed by atoms with Crippen LogP contribution in [0.25, 0.3) is 0 Å². The van der Waals surface area contributed by atoms with Crippen LogP contribution in [0.1, 0.15) is 27.2 Å². The van der Waals surface area contributed by atoms with Gasteiger partial charge in [-0.15, -0.1) is 0 Å². The maximum absolute atomic E-state index is 11.1. The summed E-state index contributed by atoms with van der Waals surface area (Å²) in [5.41, 5.74) is -1.75. The van der Waals surface area contributed by atoms with Gasteiger partial charge in [-0.3, -0.25) is 9.59 Å². The number of carbonyl (C=O) groups is 2. The van der Waals surface area contributed by atoms with Crippen molar-refractivity contribution >= 4 is 11.8 Å². The zero-order valence-corrected chi connectivity index (χ0v) is 7.50. The molecular weight excluding hydrogens is 160 g/mol. The molecule has 0 aromatic rings. The molecule has 0 spiro atoms. The number of ketones is 1. The van der Waals surface area contributed by atoms with E-state index in [1.54, 1.807) is 6.92 Å². The van der Waals surface area contributed by atoms with E-state index in [0.717, 1.165) is 0 Å².